The van der Waals surface area contributed by atoms with Gasteiger partial charge in [0.1, 0.15) is 11.4 Å². The summed E-state index contributed by atoms with van der Waals surface area (Å²) in [5.74, 6) is 0.517. The molecule has 7 nitrogen and oxygen atoms in total. The minimum absolute atomic E-state index is 0. The van der Waals surface area contributed by atoms with Crippen molar-refractivity contribution >= 4 is 33.7 Å². The molecule has 7 heteroatoms. The zero-order valence-electron chi connectivity index (χ0n) is 25.6. The van der Waals surface area contributed by atoms with Crippen LogP contribution in [0.2, 0.25) is 0 Å². The molecule has 0 atom stereocenters. The molecular weight excluding hydrogens is 550 g/mol. The van der Waals surface area contributed by atoms with Crippen LogP contribution in [0, 0.1) is 13.8 Å². The number of hydrogen-bond acceptors (Lipinski definition) is 5. The number of ether oxygens (including phenoxy) is 2. The first-order chi connectivity index (χ1) is 20.9. The van der Waals surface area contributed by atoms with Crippen molar-refractivity contribution in [3.8, 4) is 16.9 Å². The van der Waals surface area contributed by atoms with Gasteiger partial charge in [-0.25, -0.2) is 4.79 Å². The van der Waals surface area contributed by atoms with Gasteiger partial charge < -0.3 is 19.6 Å². The lowest BCUT2D eigenvalue weighted by Gasteiger charge is -2.11. The topological polar surface area (TPSA) is 89.4 Å². The molecule has 2 heterocycles. The Labute approximate surface area is 262 Å². The number of carbonyl (C=O) groups is 1. The van der Waals surface area contributed by atoms with Crippen LogP contribution >= 0.6 is 0 Å². The Kier molecular flexibility index (Phi) is 11.0. The van der Waals surface area contributed by atoms with Gasteiger partial charge >= 0.3 is 5.97 Å². The Balaban J connectivity index is 0.00000276. The Morgan fingerprint density at radius 1 is 1.02 bits per heavy atom. The number of aromatic nitrogens is 3. The molecule has 0 amide bonds. The first-order valence-corrected chi connectivity index (χ1v) is 15.2. The van der Waals surface area contributed by atoms with Gasteiger partial charge in [0.25, 0.3) is 0 Å². The van der Waals surface area contributed by atoms with E-state index in [0.29, 0.717) is 25.3 Å². The predicted octanol–water partition coefficient (Wildman–Crippen LogP) is 8.58. The number of allylic oxidation sites excluding steroid dienone is 1. The highest BCUT2D eigenvalue weighted by Gasteiger charge is 2.24. The molecule has 3 aromatic carbocycles. The standard InChI is InChI=1S/C36H41N3O4.CH4.H2/c1-5-42-36(41)35-28(17-13-23-43-31-19-12-15-26-14-9-10-16-27(26)31)29-21-20-24(2)32(34(29)37-35)33-25(3)39(4)38-30(33)18-8-6-7-11-22-40;;/h8-10,12,14-16,18-21,37,40H,5-7,11,13,17,22-23H2,1-4H3;1H4;1H. The van der Waals surface area contributed by atoms with Crippen molar-refractivity contribution in [3.05, 3.63) is 88.9 Å². The van der Waals surface area contributed by atoms with Crippen molar-refractivity contribution in [1.82, 2.24) is 14.8 Å². The Morgan fingerprint density at radius 3 is 2.61 bits per heavy atom. The number of aliphatic hydroxyl groups is 1. The van der Waals surface area contributed by atoms with Gasteiger partial charge in [0.15, 0.2) is 0 Å². The van der Waals surface area contributed by atoms with E-state index in [2.05, 4.69) is 61.3 Å². The third-order valence-electron chi connectivity index (χ3n) is 8.01. The summed E-state index contributed by atoms with van der Waals surface area (Å²) in [6, 6.07) is 18.5. The molecular formula is C37H47N3O4. The molecule has 5 rings (SSSR count). The van der Waals surface area contributed by atoms with E-state index in [0.717, 1.165) is 86.7 Å². The summed E-state index contributed by atoms with van der Waals surface area (Å²) in [6.07, 6.45) is 8.17. The van der Waals surface area contributed by atoms with Crippen LogP contribution in [0.5, 0.6) is 5.75 Å². The molecule has 2 N–H and O–H groups in total. The van der Waals surface area contributed by atoms with E-state index in [9.17, 15) is 4.79 Å². The summed E-state index contributed by atoms with van der Waals surface area (Å²) in [4.78, 5) is 16.7. The number of fused-ring (bicyclic) bond motifs is 2. The van der Waals surface area contributed by atoms with Gasteiger partial charge in [0.05, 0.1) is 24.4 Å². The second-order valence-corrected chi connectivity index (χ2v) is 10.9. The second kappa shape index (κ2) is 14.9. The average Bonchev–Trinajstić information content (AvgIpc) is 3.51. The second-order valence-electron chi connectivity index (χ2n) is 10.9. The van der Waals surface area contributed by atoms with Gasteiger partial charge in [-0.3, -0.25) is 4.68 Å². The summed E-state index contributed by atoms with van der Waals surface area (Å²) < 4.78 is 13.6. The zero-order valence-corrected chi connectivity index (χ0v) is 25.6. The maximum atomic E-state index is 13.2. The number of unbranched alkanes of at least 4 members (excludes halogenated alkanes) is 2. The molecule has 0 spiro atoms. The number of benzene rings is 3. The molecule has 0 aliphatic rings. The fourth-order valence-corrected chi connectivity index (χ4v) is 5.76. The molecule has 0 saturated heterocycles. The monoisotopic (exact) mass is 597 g/mol. The summed E-state index contributed by atoms with van der Waals surface area (Å²) >= 11 is 0. The summed E-state index contributed by atoms with van der Waals surface area (Å²) in [5.41, 5.74) is 7.48. The SMILES string of the molecule is C.CCOC(=O)c1[nH]c2c(-c3c(C=CCCCCO)nn(C)c3C)c(C)ccc2c1CCCOc1cccc2ccccc12.[HH]. The van der Waals surface area contributed by atoms with Crippen LogP contribution in [-0.4, -0.2) is 45.7 Å². The number of carbonyl (C=O) groups excluding carboxylic acids is 1. The predicted molar refractivity (Wildman–Crippen MR) is 183 cm³/mol. The molecule has 0 aliphatic heterocycles. The van der Waals surface area contributed by atoms with E-state index < -0.39 is 0 Å². The number of aliphatic hydroxyl groups excluding tert-OH is 1. The largest absolute Gasteiger partial charge is 0.493 e. The molecule has 2 aromatic heterocycles. The van der Waals surface area contributed by atoms with Gasteiger partial charge in [-0.15, -0.1) is 0 Å². The number of aryl methyl sites for hydroxylation is 3. The molecule has 5 aromatic rings. The average molecular weight is 598 g/mol. The lowest BCUT2D eigenvalue weighted by atomic mass is 9.94. The Morgan fingerprint density at radius 2 is 1.82 bits per heavy atom. The van der Waals surface area contributed by atoms with E-state index in [4.69, 9.17) is 19.7 Å². The normalized spacial score (nSPS) is 11.4. The maximum Gasteiger partial charge on any atom is 0.355 e. The van der Waals surface area contributed by atoms with Gasteiger partial charge in [-0.05, 0) is 81.5 Å². The number of H-pyrrole nitrogens is 1. The number of nitrogens with one attached hydrogen (secondary N) is 1. The quantitative estimate of drug-likeness (QED) is 0.105. The highest BCUT2D eigenvalue weighted by Crippen LogP contribution is 2.39. The van der Waals surface area contributed by atoms with E-state index in [-0.39, 0.29) is 21.4 Å². The number of rotatable bonds is 13. The highest BCUT2D eigenvalue weighted by molar-refractivity contribution is 6.05. The van der Waals surface area contributed by atoms with E-state index >= 15 is 0 Å². The summed E-state index contributed by atoms with van der Waals surface area (Å²) in [7, 11) is 1.96. The van der Waals surface area contributed by atoms with Crippen LogP contribution < -0.4 is 4.74 Å². The minimum Gasteiger partial charge on any atom is -0.493 e. The van der Waals surface area contributed by atoms with E-state index in [1.54, 1.807) is 0 Å². The third-order valence-corrected chi connectivity index (χ3v) is 8.01. The van der Waals surface area contributed by atoms with Crippen molar-refractivity contribution in [2.24, 2.45) is 7.05 Å². The molecule has 0 bridgehead atoms. The van der Waals surface area contributed by atoms with Crippen LogP contribution in [-0.2, 0) is 18.2 Å². The zero-order chi connectivity index (χ0) is 30.3. The Hall–Kier alpha value is -4.36. The third kappa shape index (κ3) is 6.73. The fraction of sp³-hybridized carbons (Fsp3) is 0.351. The molecule has 0 fully saturated rings. The number of aromatic amines is 1. The van der Waals surface area contributed by atoms with Crippen molar-refractivity contribution in [2.75, 3.05) is 19.8 Å². The Bertz CT molecular complexity index is 1760. The number of hydrogen-bond donors (Lipinski definition) is 2. The maximum absolute atomic E-state index is 13.2. The lowest BCUT2D eigenvalue weighted by Crippen LogP contribution is -2.09. The highest BCUT2D eigenvalue weighted by atomic mass is 16.5. The van der Waals surface area contributed by atoms with Crippen molar-refractivity contribution < 1.29 is 20.8 Å². The van der Waals surface area contributed by atoms with Gasteiger partial charge in [0.2, 0.25) is 0 Å². The van der Waals surface area contributed by atoms with Crippen molar-refractivity contribution in [3.63, 3.8) is 0 Å². The molecule has 0 radical (unpaired) electrons. The van der Waals surface area contributed by atoms with Crippen molar-refractivity contribution in [1.29, 1.82) is 0 Å². The van der Waals surface area contributed by atoms with E-state index in [1.807, 2.05) is 42.9 Å². The van der Waals surface area contributed by atoms with Gasteiger partial charge in [0, 0.05) is 42.7 Å². The first kappa shape index (κ1) is 32.6. The smallest absolute Gasteiger partial charge is 0.355 e. The first-order valence-electron chi connectivity index (χ1n) is 15.2. The molecule has 234 valence electrons. The van der Waals surface area contributed by atoms with Crippen LogP contribution in [0.25, 0.3) is 38.9 Å². The molecule has 0 aliphatic carbocycles. The van der Waals surface area contributed by atoms with Crippen LogP contribution in [0.4, 0.5) is 0 Å². The number of esters is 1. The molecule has 0 unspecified atom stereocenters. The summed E-state index contributed by atoms with van der Waals surface area (Å²) in [6.45, 7) is 7.02. The molecule has 44 heavy (non-hydrogen) atoms. The van der Waals surface area contributed by atoms with E-state index in [1.165, 1.54) is 0 Å². The summed E-state index contributed by atoms with van der Waals surface area (Å²) in [5, 5.41) is 17.2. The van der Waals surface area contributed by atoms with Crippen molar-refractivity contribution in [2.45, 2.75) is 60.3 Å². The number of nitrogens with zero attached hydrogens (tertiary/aromatic N) is 2. The van der Waals surface area contributed by atoms with Crippen LogP contribution in [0.3, 0.4) is 0 Å². The van der Waals surface area contributed by atoms with Crippen LogP contribution in [0.1, 0.15) is 74.5 Å². The van der Waals surface area contributed by atoms with Gasteiger partial charge in [-0.2, -0.15) is 5.10 Å². The fourth-order valence-electron chi connectivity index (χ4n) is 5.76. The molecule has 0 saturated carbocycles. The minimum atomic E-state index is -0.348. The van der Waals surface area contributed by atoms with Crippen LogP contribution in [0.15, 0.2) is 60.7 Å². The lowest BCUT2D eigenvalue weighted by molar-refractivity contribution is 0.0519. The van der Waals surface area contributed by atoms with Gasteiger partial charge in [-0.1, -0.05) is 62.0 Å².